The Morgan fingerprint density at radius 2 is 2.21 bits per heavy atom. The molecule has 3 aromatic heterocycles. The van der Waals surface area contributed by atoms with Crippen LogP contribution in [-0.4, -0.2) is 42.2 Å². The first-order valence-corrected chi connectivity index (χ1v) is 9.16. The van der Waals surface area contributed by atoms with Crippen molar-refractivity contribution >= 4 is 34.4 Å². The Morgan fingerprint density at radius 3 is 2.97 bits per heavy atom. The summed E-state index contributed by atoms with van der Waals surface area (Å²) in [6.45, 7) is 1.71. The summed E-state index contributed by atoms with van der Waals surface area (Å²) in [6.07, 6.45) is 9.52. The molecule has 5 rings (SSSR count). The predicted octanol–water partition coefficient (Wildman–Crippen LogP) is 2.83. The number of benzene rings is 1. The van der Waals surface area contributed by atoms with Crippen LogP contribution in [0.4, 0.5) is 10.2 Å². The van der Waals surface area contributed by atoms with Gasteiger partial charge in [-0.05, 0) is 30.9 Å². The maximum atomic E-state index is 15.5. The van der Waals surface area contributed by atoms with E-state index >= 15 is 4.39 Å². The van der Waals surface area contributed by atoms with E-state index in [0.29, 0.717) is 58.6 Å². The number of anilines is 1. The normalized spacial score (nSPS) is 16.5. The summed E-state index contributed by atoms with van der Waals surface area (Å²) in [5.41, 5.74) is 4.02. The van der Waals surface area contributed by atoms with Crippen LogP contribution < -0.4 is 5.32 Å². The number of allylic oxidation sites excluding steroid dienone is 1. The second kappa shape index (κ2) is 6.49. The molecule has 4 aromatic rings. The molecular formula is C20H17FN6O2. The van der Waals surface area contributed by atoms with E-state index in [9.17, 15) is 9.90 Å². The van der Waals surface area contributed by atoms with Crippen molar-refractivity contribution < 1.29 is 14.3 Å². The summed E-state index contributed by atoms with van der Waals surface area (Å²) in [7, 11) is 0. The van der Waals surface area contributed by atoms with Gasteiger partial charge in [-0.25, -0.2) is 9.37 Å². The molecule has 0 saturated heterocycles. The molecular weight excluding hydrogens is 375 g/mol. The molecule has 1 unspecified atom stereocenters. The van der Waals surface area contributed by atoms with Gasteiger partial charge in [0, 0.05) is 22.7 Å². The van der Waals surface area contributed by atoms with Gasteiger partial charge in [-0.15, -0.1) is 0 Å². The molecule has 8 nitrogen and oxygen atoms in total. The third kappa shape index (κ3) is 2.70. The molecule has 0 spiro atoms. The number of carbonyl (C=O) groups excluding carboxylic acids is 1. The van der Waals surface area contributed by atoms with E-state index in [0.717, 1.165) is 11.0 Å². The first-order valence-electron chi connectivity index (χ1n) is 9.16. The van der Waals surface area contributed by atoms with Crippen LogP contribution in [0.1, 0.15) is 24.0 Å². The number of hydrogen-bond acceptors (Lipinski definition) is 5. The quantitative estimate of drug-likeness (QED) is 0.463. The summed E-state index contributed by atoms with van der Waals surface area (Å²) >= 11 is 0. The number of hydrogen-bond donors (Lipinski definition) is 3. The van der Waals surface area contributed by atoms with E-state index in [4.69, 9.17) is 0 Å². The van der Waals surface area contributed by atoms with Gasteiger partial charge >= 0.3 is 0 Å². The molecule has 3 N–H and O–H groups in total. The van der Waals surface area contributed by atoms with Crippen LogP contribution in [0.25, 0.3) is 33.4 Å². The van der Waals surface area contributed by atoms with Crippen LogP contribution in [0.15, 0.2) is 30.9 Å². The van der Waals surface area contributed by atoms with Crippen molar-refractivity contribution in [1.29, 1.82) is 0 Å². The fourth-order valence-corrected chi connectivity index (χ4v) is 3.98. The molecule has 9 heteroatoms. The minimum atomic E-state index is -0.554. The average Bonchev–Trinajstić information content (AvgIpc) is 3.42. The molecule has 1 aliphatic rings. The van der Waals surface area contributed by atoms with Crippen molar-refractivity contribution in [2.24, 2.45) is 0 Å². The van der Waals surface area contributed by atoms with Crippen LogP contribution in [-0.2, 0) is 4.79 Å². The number of imidazole rings is 1. The lowest BCUT2D eigenvalue weighted by Crippen LogP contribution is -2.00. The Hall–Kier alpha value is -3.59. The number of nitrogens with zero attached hydrogens (tertiary/aromatic N) is 4. The lowest BCUT2D eigenvalue weighted by molar-refractivity contribution is -0.105. The fourth-order valence-electron chi connectivity index (χ4n) is 3.98. The molecule has 0 saturated carbocycles. The molecule has 3 heterocycles. The Morgan fingerprint density at radius 1 is 1.34 bits per heavy atom. The smallest absolute Gasteiger partial charge is 0.212 e. The van der Waals surface area contributed by atoms with Crippen molar-refractivity contribution in [3.8, 4) is 11.3 Å². The number of aliphatic hydroxyl groups excluding tert-OH is 1. The summed E-state index contributed by atoms with van der Waals surface area (Å²) in [4.78, 5) is 19.3. The third-order valence-corrected chi connectivity index (χ3v) is 5.31. The average molecular weight is 392 g/mol. The Kier molecular flexibility index (Phi) is 3.92. The number of amides is 1. The van der Waals surface area contributed by atoms with E-state index in [1.807, 2.05) is 0 Å². The highest BCUT2D eigenvalue weighted by Gasteiger charge is 2.25. The molecule has 1 atom stereocenters. The van der Waals surface area contributed by atoms with Crippen LogP contribution in [0.5, 0.6) is 0 Å². The van der Waals surface area contributed by atoms with Gasteiger partial charge in [0.15, 0.2) is 11.5 Å². The molecule has 1 amide bonds. The minimum Gasteiger partial charge on any atom is -0.389 e. The van der Waals surface area contributed by atoms with Crippen molar-refractivity contribution in [1.82, 2.24) is 24.6 Å². The monoisotopic (exact) mass is 392 g/mol. The number of fused-ring (bicyclic) bond motifs is 2. The maximum absolute atomic E-state index is 15.5. The first kappa shape index (κ1) is 17.5. The SMILES string of the molecule is Cc1c(F)c(C2=CC(O)CC2)c2[nH]ncc2c1-c1cn2cc(NC=O)nc2cn1. The molecule has 0 bridgehead atoms. The van der Waals surface area contributed by atoms with Gasteiger partial charge in [0.1, 0.15) is 5.82 Å². The number of H-pyrrole nitrogens is 1. The van der Waals surface area contributed by atoms with Gasteiger partial charge < -0.3 is 14.8 Å². The lowest BCUT2D eigenvalue weighted by atomic mass is 9.93. The van der Waals surface area contributed by atoms with Crippen LogP contribution in [0.2, 0.25) is 0 Å². The molecule has 0 fully saturated rings. The van der Waals surface area contributed by atoms with Crippen LogP contribution >= 0.6 is 0 Å². The zero-order valence-corrected chi connectivity index (χ0v) is 15.5. The largest absolute Gasteiger partial charge is 0.389 e. The van der Waals surface area contributed by atoms with E-state index in [1.54, 1.807) is 42.2 Å². The van der Waals surface area contributed by atoms with Gasteiger partial charge in [0.2, 0.25) is 6.41 Å². The number of carbonyl (C=O) groups is 1. The molecule has 1 aliphatic carbocycles. The van der Waals surface area contributed by atoms with E-state index in [1.165, 1.54) is 0 Å². The van der Waals surface area contributed by atoms with Gasteiger partial charge in [-0.1, -0.05) is 6.08 Å². The zero-order chi connectivity index (χ0) is 20.1. The van der Waals surface area contributed by atoms with E-state index in [-0.39, 0.29) is 5.82 Å². The van der Waals surface area contributed by atoms with Crippen LogP contribution in [0.3, 0.4) is 0 Å². The number of aromatic nitrogens is 5. The Labute approximate surface area is 164 Å². The van der Waals surface area contributed by atoms with E-state index < -0.39 is 6.10 Å². The molecule has 0 aliphatic heterocycles. The van der Waals surface area contributed by atoms with Gasteiger partial charge in [0.05, 0.1) is 35.9 Å². The Balaban J connectivity index is 1.73. The number of aromatic amines is 1. The minimum absolute atomic E-state index is 0.354. The second-order valence-corrected chi connectivity index (χ2v) is 7.07. The number of halogens is 1. The summed E-state index contributed by atoms with van der Waals surface area (Å²) in [5.74, 6) is 0.0466. The topological polar surface area (TPSA) is 108 Å². The number of nitrogens with one attached hydrogen (secondary N) is 2. The highest BCUT2D eigenvalue weighted by Crippen LogP contribution is 2.40. The molecule has 0 radical (unpaired) electrons. The summed E-state index contributed by atoms with van der Waals surface area (Å²) < 4.78 is 17.2. The maximum Gasteiger partial charge on any atom is 0.212 e. The van der Waals surface area contributed by atoms with Crippen LogP contribution in [0, 0.1) is 12.7 Å². The molecule has 29 heavy (non-hydrogen) atoms. The van der Waals surface area contributed by atoms with Gasteiger partial charge in [-0.2, -0.15) is 5.10 Å². The highest BCUT2D eigenvalue weighted by atomic mass is 19.1. The second-order valence-electron chi connectivity index (χ2n) is 7.07. The number of aliphatic hydroxyl groups is 1. The summed E-state index contributed by atoms with van der Waals surface area (Å²) in [5, 5.41) is 20.1. The third-order valence-electron chi connectivity index (χ3n) is 5.31. The fraction of sp³-hybridized carbons (Fsp3) is 0.200. The molecule has 1 aromatic carbocycles. The van der Waals surface area contributed by atoms with Crippen molar-refractivity contribution in [2.45, 2.75) is 25.9 Å². The Bertz CT molecular complexity index is 1310. The molecule has 146 valence electrons. The van der Waals surface area contributed by atoms with Gasteiger partial charge in [0.25, 0.3) is 0 Å². The lowest BCUT2D eigenvalue weighted by Gasteiger charge is -2.14. The first-order chi connectivity index (χ1) is 14.1. The van der Waals surface area contributed by atoms with E-state index in [2.05, 4.69) is 25.5 Å². The summed E-state index contributed by atoms with van der Waals surface area (Å²) in [6, 6.07) is 0. The van der Waals surface area contributed by atoms with Gasteiger partial charge in [-0.3, -0.25) is 14.9 Å². The highest BCUT2D eigenvalue weighted by molar-refractivity contribution is 6.01. The van der Waals surface area contributed by atoms with Crippen molar-refractivity contribution in [2.75, 3.05) is 5.32 Å². The zero-order valence-electron chi connectivity index (χ0n) is 15.5. The number of rotatable bonds is 4. The van der Waals surface area contributed by atoms with Crippen molar-refractivity contribution in [3.63, 3.8) is 0 Å². The predicted molar refractivity (Wildman–Crippen MR) is 106 cm³/mol. The standard InChI is InChI=1S/C20H17FN6O2/c1-10-17(14-7-27-8-15(23-9-28)25-16(27)6-22-14)13-5-24-26-20(13)18(19(10)21)11-2-3-12(29)4-11/h4-9,12,29H,2-3H2,1H3,(H,23,28)(H,24,26). The van der Waals surface area contributed by atoms with Crippen molar-refractivity contribution in [3.05, 3.63) is 47.8 Å².